The third-order valence-corrected chi connectivity index (χ3v) is 5.54. The Balaban J connectivity index is 1.52. The quantitative estimate of drug-likeness (QED) is 0.848. The molecule has 1 saturated heterocycles. The highest BCUT2D eigenvalue weighted by Crippen LogP contribution is 2.35. The fourth-order valence-corrected chi connectivity index (χ4v) is 4.16. The third-order valence-electron chi connectivity index (χ3n) is 5.54. The molecule has 2 aromatic rings. The standard InChI is InChI=1S/C21H23N3O3/c25-20-5-2-10-24(20)16-6-7-17-14(11-16)3-1-4-15(17)12-23-19-13-22-9-8-18(19)21(26)27/h6-9,11,13,15,23H,1-5,10,12H2,(H,26,27)/t15-/m0/s1. The van der Waals surface area contributed by atoms with Crippen LogP contribution in [0.4, 0.5) is 11.4 Å². The fourth-order valence-electron chi connectivity index (χ4n) is 4.16. The number of aromatic carboxylic acids is 1. The lowest BCUT2D eigenvalue weighted by Crippen LogP contribution is -2.25. The van der Waals surface area contributed by atoms with Gasteiger partial charge >= 0.3 is 5.97 Å². The summed E-state index contributed by atoms with van der Waals surface area (Å²) < 4.78 is 0. The van der Waals surface area contributed by atoms with Crippen molar-refractivity contribution >= 4 is 23.3 Å². The van der Waals surface area contributed by atoms with Gasteiger partial charge in [0.1, 0.15) is 0 Å². The highest BCUT2D eigenvalue weighted by Gasteiger charge is 2.25. The molecule has 4 rings (SSSR count). The summed E-state index contributed by atoms with van der Waals surface area (Å²) in [6.45, 7) is 1.47. The maximum atomic E-state index is 12.0. The molecule has 1 aromatic carbocycles. The molecule has 140 valence electrons. The van der Waals surface area contributed by atoms with Crippen molar-refractivity contribution in [1.29, 1.82) is 0 Å². The molecule has 1 atom stereocenters. The van der Waals surface area contributed by atoms with Gasteiger partial charge in [-0.1, -0.05) is 6.07 Å². The maximum Gasteiger partial charge on any atom is 0.337 e. The van der Waals surface area contributed by atoms with Crippen molar-refractivity contribution in [2.75, 3.05) is 23.3 Å². The van der Waals surface area contributed by atoms with Gasteiger partial charge in [0.2, 0.25) is 5.91 Å². The largest absolute Gasteiger partial charge is 0.478 e. The number of carbonyl (C=O) groups excluding carboxylic acids is 1. The first-order valence-electron chi connectivity index (χ1n) is 9.48. The monoisotopic (exact) mass is 365 g/mol. The van der Waals surface area contributed by atoms with E-state index in [1.807, 2.05) is 11.0 Å². The summed E-state index contributed by atoms with van der Waals surface area (Å²) in [7, 11) is 0. The molecule has 2 N–H and O–H groups in total. The average Bonchev–Trinajstić information content (AvgIpc) is 3.12. The van der Waals surface area contributed by atoms with Crippen molar-refractivity contribution in [2.45, 2.75) is 38.0 Å². The summed E-state index contributed by atoms with van der Waals surface area (Å²) >= 11 is 0. The molecule has 1 amide bonds. The zero-order valence-corrected chi connectivity index (χ0v) is 15.1. The number of hydrogen-bond donors (Lipinski definition) is 2. The number of amides is 1. The maximum absolute atomic E-state index is 12.0. The van der Waals surface area contributed by atoms with Gasteiger partial charge in [0.05, 0.1) is 17.4 Å². The number of carboxylic acid groups (broad SMARTS) is 1. The fraction of sp³-hybridized carbons (Fsp3) is 0.381. The molecule has 0 spiro atoms. The molecule has 1 aliphatic heterocycles. The number of anilines is 2. The van der Waals surface area contributed by atoms with Crippen LogP contribution in [0.5, 0.6) is 0 Å². The van der Waals surface area contributed by atoms with Gasteiger partial charge in [-0.05, 0) is 55.0 Å². The zero-order valence-electron chi connectivity index (χ0n) is 15.1. The van der Waals surface area contributed by atoms with Crippen LogP contribution in [-0.4, -0.2) is 35.1 Å². The van der Waals surface area contributed by atoms with Gasteiger partial charge in [0.25, 0.3) is 0 Å². The van der Waals surface area contributed by atoms with Gasteiger partial charge in [0, 0.05) is 37.3 Å². The van der Waals surface area contributed by atoms with Crippen LogP contribution >= 0.6 is 0 Å². The van der Waals surface area contributed by atoms with Crippen molar-refractivity contribution in [3.63, 3.8) is 0 Å². The molecular formula is C21H23N3O3. The Bertz CT molecular complexity index is 881. The number of aryl methyl sites for hydroxylation is 1. The molecule has 1 aromatic heterocycles. The second-order valence-corrected chi connectivity index (χ2v) is 7.23. The van der Waals surface area contributed by atoms with Gasteiger partial charge in [-0.3, -0.25) is 9.78 Å². The lowest BCUT2D eigenvalue weighted by Gasteiger charge is -2.28. The number of carbonyl (C=O) groups is 2. The summed E-state index contributed by atoms with van der Waals surface area (Å²) in [5, 5.41) is 12.6. The third kappa shape index (κ3) is 3.52. The Kier molecular flexibility index (Phi) is 4.79. The van der Waals surface area contributed by atoms with Crippen LogP contribution in [0.3, 0.4) is 0 Å². The summed E-state index contributed by atoms with van der Waals surface area (Å²) in [5.41, 5.74) is 4.39. The Morgan fingerprint density at radius 1 is 1.26 bits per heavy atom. The first-order valence-corrected chi connectivity index (χ1v) is 9.48. The van der Waals surface area contributed by atoms with E-state index >= 15 is 0 Å². The predicted molar refractivity (Wildman–Crippen MR) is 103 cm³/mol. The molecule has 2 aliphatic rings. The van der Waals surface area contributed by atoms with Gasteiger partial charge < -0.3 is 15.3 Å². The van der Waals surface area contributed by atoms with Crippen molar-refractivity contribution < 1.29 is 14.7 Å². The SMILES string of the molecule is O=C(O)c1ccncc1NC[C@@H]1CCCc2cc(N3CCCC3=O)ccc21. The van der Waals surface area contributed by atoms with E-state index in [0.29, 0.717) is 24.6 Å². The van der Waals surface area contributed by atoms with Crippen molar-refractivity contribution in [3.8, 4) is 0 Å². The van der Waals surface area contributed by atoms with E-state index in [2.05, 4.69) is 22.4 Å². The number of carboxylic acids is 1. The van der Waals surface area contributed by atoms with E-state index < -0.39 is 5.97 Å². The minimum Gasteiger partial charge on any atom is -0.478 e. The Morgan fingerprint density at radius 2 is 2.15 bits per heavy atom. The molecule has 0 unspecified atom stereocenters. The Labute approximate surface area is 158 Å². The second kappa shape index (κ2) is 7.39. The molecule has 1 aliphatic carbocycles. The van der Waals surface area contributed by atoms with E-state index in [9.17, 15) is 14.7 Å². The normalized spacial score (nSPS) is 19.0. The van der Waals surface area contributed by atoms with Gasteiger partial charge in [-0.15, -0.1) is 0 Å². The number of aromatic nitrogens is 1. The highest BCUT2D eigenvalue weighted by molar-refractivity contribution is 5.95. The van der Waals surface area contributed by atoms with Crippen LogP contribution in [0, 0.1) is 0 Å². The van der Waals surface area contributed by atoms with Crippen LogP contribution in [0.1, 0.15) is 53.1 Å². The van der Waals surface area contributed by atoms with E-state index in [0.717, 1.165) is 37.9 Å². The number of nitrogens with zero attached hydrogens (tertiary/aromatic N) is 2. The highest BCUT2D eigenvalue weighted by atomic mass is 16.4. The number of benzene rings is 1. The summed E-state index contributed by atoms with van der Waals surface area (Å²) in [4.78, 5) is 29.3. The predicted octanol–water partition coefficient (Wildman–Crippen LogP) is 3.44. The zero-order chi connectivity index (χ0) is 18.8. The van der Waals surface area contributed by atoms with Crippen LogP contribution < -0.4 is 10.2 Å². The lowest BCUT2D eigenvalue weighted by atomic mass is 9.82. The molecule has 2 heterocycles. The minimum absolute atomic E-state index is 0.210. The van der Waals surface area contributed by atoms with E-state index in [4.69, 9.17) is 0 Å². The number of nitrogens with one attached hydrogen (secondary N) is 1. The van der Waals surface area contributed by atoms with E-state index in [1.165, 1.54) is 23.4 Å². The molecule has 27 heavy (non-hydrogen) atoms. The average molecular weight is 365 g/mol. The van der Waals surface area contributed by atoms with Crippen molar-refractivity contribution in [2.24, 2.45) is 0 Å². The van der Waals surface area contributed by atoms with E-state index in [1.54, 1.807) is 6.20 Å². The molecule has 0 radical (unpaired) electrons. The Morgan fingerprint density at radius 3 is 2.93 bits per heavy atom. The number of pyridine rings is 1. The second-order valence-electron chi connectivity index (χ2n) is 7.23. The number of hydrogen-bond acceptors (Lipinski definition) is 4. The van der Waals surface area contributed by atoms with Crippen LogP contribution in [0.2, 0.25) is 0 Å². The minimum atomic E-state index is -0.955. The molecule has 0 saturated carbocycles. The number of fused-ring (bicyclic) bond motifs is 1. The summed E-state index contributed by atoms with van der Waals surface area (Å²) in [6.07, 6.45) is 7.80. The first-order chi connectivity index (χ1) is 13.1. The number of rotatable bonds is 5. The van der Waals surface area contributed by atoms with Crippen LogP contribution in [-0.2, 0) is 11.2 Å². The summed E-state index contributed by atoms with van der Waals surface area (Å²) in [5.74, 6) is -0.426. The van der Waals surface area contributed by atoms with Gasteiger partial charge in [-0.2, -0.15) is 0 Å². The van der Waals surface area contributed by atoms with E-state index in [-0.39, 0.29) is 11.5 Å². The smallest absolute Gasteiger partial charge is 0.337 e. The molecule has 1 fully saturated rings. The first kappa shape index (κ1) is 17.5. The van der Waals surface area contributed by atoms with Gasteiger partial charge in [-0.25, -0.2) is 4.79 Å². The molecule has 0 bridgehead atoms. The topological polar surface area (TPSA) is 82.5 Å². The van der Waals surface area contributed by atoms with Crippen LogP contribution in [0.25, 0.3) is 0 Å². The lowest BCUT2D eigenvalue weighted by molar-refractivity contribution is -0.117. The Hall–Kier alpha value is -2.89. The molecular weight excluding hydrogens is 342 g/mol. The summed E-state index contributed by atoms with van der Waals surface area (Å²) in [6, 6.07) is 7.87. The molecule has 6 nitrogen and oxygen atoms in total. The van der Waals surface area contributed by atoms with Gasteiger partial charge in [0.15, 0.2) is 0 Å². The van der Waals surface area contributed by atoms with Crippen LogP contribution in [0.15, 0.2) is 36.7 Å². The van der Waals surface area contributed by atoms with Crippen molar-refractivity contribution in [1.82, 2.24) is 4.98 Å². The van der Waals surface area contributed by atoms with Crippen molar-refractivity contribution in [3.05, 3.63) is 53.3 Å². The molecule has 6 heteroatoms.